The Morgan fingerprint density at radius 2 is 1.70 bits per heavy atom. The molecule has 0 aromatic heterocycles. The smallest absolute Gasteiger partial charge is 0.295 e. The quantitative estimate of drug-likeness (QED) is 0.345. The van der Waals surface area contributed by atoms with Crippen molar-refractivity contribution in [1.29, 1.82) is 0 Å². The van der Waals surface area contributed by atoms with Gasteiger partial charge in [0.2, 0.25) is 0 Å². The van der Waals surface area contributed by atoms with E-state index in [1.165, 1.54) is 0 Å². The summed E-state index contributed by atoms with van der Waals surface area (Å²) < 4.78 is 0. The molecule has 0 saturated carbocycles. The van der Waals surface area contributed by atoms with Crippen molar-refractivity contribution in [3.05, 3.63) is 35.9 Å². The van der Waals surface area contributed by atoms with Crippen LogP contribution in [0.1, 0.15) is 17.3 Å². The van der Waals surface area contributed by atoms with E-state index in [0.29, 0.717) is 0 Å². The number of ketones is 1. The number of hydrogen-bond acceptors (Lipinski definition) is 1. The summed E-state index contributed by atoms with van der Waals surface area (Å²) in [6, 6.07) is 9.23. The predicted molar refractivity (Wildman–Crippen MR) is 36.4 cm³/mol. The van der Waals surface area contributed by atoms with Crippen molar-refractivity contribution in [3.8, 4) is 0 Å². The number of Topliss-reactive ketones (excluding diaryl/α,β-unsaturated/α-hetero) is 1. The fourth-order valence-corrected chi connectivity index (χ4v) is 0.673. The Kier molecular flexibility index (Phi) is 4.10. The predicted octanol–water partition coefficient (Wildman–Crippen LogP) is -1.11. The van der Waals surface area contributed by atoms with Gasteiger partial charge in [-0.25, -0.2) is 0 Å². The third-order valence-electron chi connectivity index (χ3n) is 1.18. The molecule has 1 rings (SSSR count). The second kappa shape index (κ2) is 4.33. The summed E-state index contributed by atoms with van der Waals surface area (Å²) in [4.78, 5) is 10.6. The molecule has 0 aliphatic heterocycles. The monoisotopic (exact) mass is 127 g/mol. The fraction of sp³-hybridized carbons (Fsp3) is 0.125. The van der Waals surface area contributed by atoms with Gasteiger partial charge in [0.25, 0.3) is 0 Å². The Balaban J connectivity index is 0.000000810. The van der Waals surface area contributed by atoms with Crippen LogP contribution in [0.2, 0.25) is 0 Å². The first-order valence-electron chi connectivity index (χ1n) is 2.86. The normalized spacial score (nSPS) is 8.10. The molecule has 0 aliphatic carbocycles. The maximum Gasteiger partial charge on any atom is 1.00 e. The minimum atomic E-state index is 0. The van der Waals surface area contributed by atoms with Gasteiger partial charge >= 0.3 is 18.9 Å². The van der Waals surface area contributed by atoms with E-state index in [9.17, 15) is 4.79 Å². The van der Waals surface area contributed by atoms with Crippen LogP contribution >= 0.6 is 0 Å². The summed E-state index contributed by atoms with van der Waals surface area (Å²) in [5.74, 6) is 0.121. The summed E-state index contributed by atoms with van der Waals surface area (Å²) in [6.07, 6.45) is 0. The number of rotatable bonds is 1. The zero-order valence-electron chi connectivity index (χ0n) is 6.29. The van der Waals surface area contributed by atoms with E-state index in [4.69, 9.17) is 0 Å². The molecule has 0 atom stereocenters. The van der Waals surface area contributed by atoms with Crippen LogP contribution in [-0.4, -0.2) is 5.78 Å². The second-order valence-corrected chi connectivity index (χ2v) is 1.92. The van der Waals surface area contributed by atoms with Gasteiger partial charge in [0.15, 0.2) is 5.78 Å². The Hall–Kier alpha value is -0.513. The number of hydrogen-bond donors (Lipinski definition) is 0. The molecule has 0 aliphatic rings. The SMILES string of the molecule is CC(=O)c1ccccc1.[Li+]. The van der Waals surface area contributed by atoms with Gasteiger partial charge in [-0.05, 0) is 6.92 Å². The Labute approximate surface area is 72.6 Å². The molecule has 2 heteroatoms. The molecule has 46 valence electrons. The maximum atomic E-state index is 10.6. The van der Waals surface area contributed by atoms with Crippen molar-refractivity contribution in [2.45, 2.75) is 6.92 Å². The molecule has 1 aromatic rings. The van der Waals surface area contributed by atoms with Crippen LogP contribution in [0.25, 0.3) is 0 Å². The molecular weight excluding hydrogens is 119 g/mol. The van der Waals surface area contributed by atoms with Crippen LogP contribution in [0.15, 0.2) is 30.3 Å². The summed E-state index contributed by atoms with van der Waals surface area (Å²) in [6.45, 7) is 1.56. The van der Waals surface area contributed by atoms with E-state index < -0.39 is 0 Å². The molecule has 10 heavy (non-hydrogen) atoms. The van der Waals surface area contributed by atoms with Crippen molar-refractivity contribution in [2.75, 3.05) is 0 Å². The fourth-order valence-electron chi connectivity index (χ4n) is 0.673. The third kappa shape index (κ3) is 2.39. The summed E-state index contributed by atoms with van der Waals surface area (Å²) >= 11 is 0. The first-order valence-corrected chi connectivity index (χ1v) is 2.86. The summed E-state index contributed by atoms with van der Waals surface area (Å²) in [5, 5.41) is 0. The van der Waals surface area contributed by atoms with Crippen molar-refractivity contribution < 1.29 is 23.7 Å². The summed E-state index contributed by atoms with van der Waals surface area (Å²) in [7, 11) is 0. The molecule has 0 spiro atoms. The average molecular weight is 127 g/mol. The third-order valence-corrected chi connectivity index (χ3v) is 1.18. The minimum Gasteiger partial charge on any atom is -0.295 e. The molecule has 0 unspecified atom stereocenters. The van der Waals surface area contributed by atoms with Gasteiger partial charge in [0.1, 0.15) is 0 Å². The molecule has 0 heterocycles. The van der Waals surface area contributed by atoms with Crippen LogP contribution < -0.4 is 18.9 Å². The Morgan fingerprint density at radius 3 is 2.00 bits per heavy atom. The maximum absolute atomic E-state index is 10.6. The van der Waals surface area contributed by atoms with Crippen LogP contribution in [0.3, 0.4) is 0 Å². The van der Waals surface area contributed by atoms with E-state index >= 15 is 0 Å². The number of carbonyl (C=O) groups is 1. The Morgan fingerprint density at radius 1 is 1.20 bits per heavy atom. The van der Waals surface area contributed by atoms with Crippen LogP contribution in [-0.2, 0) is 0 Å². The molecule has 0 saturated heterocycles. The van der Waals surface area contributed by atoms with Crippen molar-refractivity contribution in [3.63, 3.8) is 0 Å². The standard InChI is InChI=1S/C8H8O.Li/c1-7(9)8-5-3-2-4-6-8;/h2-6H,1H3;/q;+1. The van der Waals surface area contributed by atoms with Crippen LogP contribution in [0.4, 0.5) is 0 Å². The number of benzene rings is 1. The van der Waals surface area contributed by atoms with Crippen LogP contribution in [0.5, 0.6) is 0 Å². The molecule has 0 bridgehead atoms. The summed E-state index contributed by atoms with van der Waals surface area (Å²) in [5.41, 5.74) is 0.775. The van der Waals surface area contributed by atoms with E-state index in [1.54, 1.807) is 6.92 Å². The molecule has 0 N–H and O–H groups in total. The molecule has 0 fully saturated rings. The van der Waals surface area contributed by atoms with Crippen molar-refractivity contribution in [1.82, 2.24) is 0 Å². The topological polar surface area (TPSA) is 17.1 Å². The van der Waals surface area contributed by atoms with E-state index in [1.807, 2.05) is 30.3 Å². The number of carbonyl (C=O) groups excluding carboxylic acids is 1. The molecule has 0 radical (unpaired) electrons. The Bertz CT molecular complexity index is 206. The first kappa shape index (κ1) is 9.49. The van der Waals surface area contributed by atoms with Gasteiger partial charge in [-0.2, -0.15) is 0 Å². The van der Waals surface area contributed by atoms with Gasteiger partial charge in [0, 0.05) is 5.56 Å². The van der Waals surface area contributed by atoms with Gasteiger partial charge in [-0.1, -0.05) is 30.3 Å². The zero-order valence-corrected chi connectivity index (χ0v) is 6.29. The molecule has 0 amide bonds. The van der Waals surface area contributed by atoms with E-state index in [-0.39, 0.29) is 24.6 Å². The second-order valence-electron chi connectivity index (χ2n) is 1.92. The molecular formula is C8H8LiO+. The van der Waals surface area contributed by atoms with E-state index in [0.717, 1.165) is 5.56 Å². The molecule has 1 nitrogen and oxygen atoms in total. The van der Waals surface area contributed by atoms with Crippen molar-refractivity contribution >= 4 is 5.78 Å². The average Bonchev–Trinajstić information content (AvgIpc) is 1.90. The van der Waals surface area contributed by atoms with Gasteiger partial charge in [-0.3, -0.25) is 4.79 Å². The van der Waals surface area contributed by atoms with Crippen molar-refractivity contribution in [2.24, 2.45) is 0 Å². The van der Waals surface area contributed by atoms with Gasteiger partial charge in [0.05, 0.1) is 0 Å². The van der Waals surface area contributed by atoms with Gasteiger partial charge in [-0.15, -0.1) is 0 Å². The van der Waals surface area contributed by atoms with E-state index in [2.05, 4.69) is 0 Å². The largest absolute Gasteiger partial charge is 1.00 e. The molecule has 1 aromatic carbocycles. The van der Waals surface area contributed by atoms with Crippen LogP contribution in [0, 0.1) is 0 Å². The van der Waals surface area contributed by atoms with Gasteiger partial charge < -0.3 is 0 Å². The first-order chi connectivity index (χ1) is 4.30. The zero-order chi connectivity index (χ0) is 6.69. The minimum absolute atomic E-state index is 0.